The lowest BCUT2D eigenvalue weighted by Gasteiger charge is -2.13. The summed E-state index contributed by atoms with van der Waals surface area (Å²) >= 11 is 2.75. The number of thioether (sulfide) groups is 1. The Balaban J connectivity index is 1.54. The zero-order valence-corrected chi connectivity index (χ0v) is 21.6. The van der Waals surface area contributed by atoms with Crippen LogP contribution in [0, 0.1) is 34.0 Å². The fourth-order valence-electron chi connectivity index (χ4n) is 3.49. The van der Waals surface area contributed by atoms with Crippen molar-refractivity contribution in [1.82, 2.24) is 9.97 Å². The second-order valence-electron chi connectivity index (χ2n) is 7.85. The molecule has 188 valence electrons. The lowest BCUT2D eigenvalue weighted by Crippen LogP contribution is -2.04. The Morgan fingerprint density at radius 1 is 0.974 bits per heavy atom. The van der Waals surface area contributed by atoms with E-state index in [9.17, 15) is 10.5 Å². The minimum Gasteiger partial charge on any atom is -0.494 e. The van der Waals surface area contributed by atoms with Crippen LogP contribution in [-0.2, 0) is 5.75 Å². The first-order valence-electron chi connectivity index (χ1n) is 11.4. The molecule has 0 radical (unpaired) electrons. The van der Waals surface area contributed by atoms with E-state index in [1.54, 1.807) is 36.4 Å². The molecule has 0 spiro atoms. The summed E-state index contributed by atoms with van der Waals surface area (Å²) in [5.41, 5.74) is 9.80. The summed E-state index contributed by atoms with van der Waals surface area (Å²) in [6, 6.07) is 20.5. The number of aliphatic hydroxyl groups is 1. The van der Waals surface area contributed by atoms with Gasteiger partial charge in [-0.05, 0) is 42.0 Å². The molecule has 0 saturated carbocycles. The van der Waals surface area contributed by atoms with Crippen LogP contribution >= 0.6 is 23.1 Å². The largest absolute Gasteiger partial charge is 0.494 e. The number of anilines is 3. The zero-order valence-electron chi connectivity index (χ0n) is 20.0. The van der Waals surface area contributed by atoms with Crippen LogP contribution in [0.1, 0.15) is 28.8 Å². The number of nitrogens with one attached hydrogen (secondary N) is 1. The van der Waals surface area contributed by atoms with Crippen molar-refractivity contribution in [3.05, 3.63) is 76.3 Å². The molecule has 0 aliphatic rings. The highest BCUT2D eigenvalue weighted by Crippen LogP contribution is 2.37. The van der Waals surface area contributed by atoms with Gasteiger partial charge in [-0.25, -0.2) is 9.97 Å². The first-order valence-corrected chi connectivity index (χ1v) is 13.2. The number of nitriles is 3. The van der Waals surface area contributed by atoms with Crippen molar-refractivity contribution in [3.63, 3.8) is 0 Å². The summed E-state index contributed by atoms with van der Waals surface area (Å²) in [6.07, 6.45) is 0.520. The Bertz CT molecular complexity index is 1550. The molecule has 4 N–H and O–H groups in total. The van der Waals surface area contributed by atoms with Crippen LogP contribution < -0.4 is 15.8 Å². The molecule has 0 atom stereocenters. The minimum atomic E-state index is 0.0434. The van der Waals surface area contributed by atoms with Gasteiger partial charge >= 0.3 is 0 Å². The van der Waals surface area contributed by atoms with Crippen LogP contribution in [0.5, 0.6) is 5.75 Å². The van der Waals surface area contributed by atoms with Gasteiger partial charge < -0.3 is 20.9 Å². The molecule has 4 rings (SSSR count). The molecule has 0 fully saturated rings. The monoisotopic (exact) mass is 539 g/mol. The molecule has 0 unspecified atom stereocenters. The minimum absolute atomic E-state index is 0.0434. The Labute approximate surface area is 227 Å². The van der Waals surface area contributed by atoms with E-state index < -0.39 is 0 Å². The molecule has 0 saturated heterocycles. The molecule has 2 aromatic carbocycles. The fourth-order valence-corrected chi connectivity index (χ4v) is 5.21. The van der Waals surface area contributed by atoms with E-state index in [0.717, 1.165) is 11.4 Å². The quantitative estimate of drug-likeness (QED) is 0.180. The number of aliphatic hydroxyl groups excluding tert-OH is 1. The Morgan fingerprint density at radius 3 is 2.37 bits per heavy atom. The number of thiazole rings is 1. The van der Waals surface area contributed by atoms with Gasteiger partial charge in [0.05, 0.1) is 29.5 Å². The lowest BCUT2D eigenvalue weighted by molar-refractivity contribution is 0.233. The van der Waals surface area contributed by atoms with Crippen molar-refractivity contribution >= 4 is 39.7 Å². The van der Waals surface area contributed by atoms with E-state index in [2.05, 4.69) is 33.5 Å². The van der Waals surface area contributed by atoms with Gasteiger partial charge in [0, 0.05) is 35.4 Å². The van der Waals surface area contributed by atoms with Crippen LogP contribution in [0.3, 0.4) is 0 Å². The summed E-state index contributed by atoms with van der Waals surface area (Å²) < 4.78 is 5.58. The number of aromatic nitrogens is 2. The molecular weight excluding hydrogens is 518 g/mol. The predicted molar refractivity (Wildman–Crippen MR) is 147 cm³/mol. The number of nitrogens with zero attached hydrogens (tertiary/aromatic N) is 5. The van der Waals surface area contributed by atoms with Crippen LogP contribution in [0.4, 0.5) is 16.6 Å². The molecule has 2 heterocycles. The van der Waals surface area contributed by atoms with E-state index in [0.29, 0.717) is 51.4 Å². The summed E-state index contributed by atoms with van der Waals surface area (Å²) in [5, 5.41) is 43.9. The maximum atomic E-state index is 10.0. The average Bonchev–Trinajstić information content (AvgIpc) is 3.39. The van der Waals surface area contributed by atoms with Gasteiger partial charge in [-0.15, -0.1) is 11.3 Å². The Kier molecular flexibility index (Phi) is 8.76. The molecule has 0 aliphatic carbocycles. The standard InChI is InChI=1S/C27H21N7O2S2/c28-12-17-2-6-19(7-3-17)32-27-33-20(16-38-27)15-37-26-23(14-30)24(22(13-29)25(31)34-26)18-4-8-21(9-5-18)36-11-1-10-35/h2-9,16,35H,1,10-11,15H2,(H2,31,34)(H,32,33). The number of benzene rings is 2. The normalized spacial score (nSPS) is 10.3. The van der Waals surface area contributed by atoms with Crippen LogP contribution in [0.2, 0.25) is 0 Å². The number of ether oxygens (including phenoxy) is 1. The second kappa shape index (κ2) is 12.6. The maximum absolute atomic E-state index is 10.0. The summed E-state index contributed by atoms with van der Waals surface area (Å²) in [4.78, 5) is 8.95. The van der Waals surface area contributed by atoms with E-state index in [4.69, 9.17) is 20.8 Å². The number of nitrogens with two attached hydrogens (primary N) is 1. The molecule has 9 nitrogen and oxygen atoms in total. The van der Waals surface area contributed by atoms with Gasteiger partial charge in [-0.2, -0.15) is 15.8 Å². The molecule has 2 aromatic heterocycles. The number of pyridine rings is 1. The highest BCUT2D eigenvalue weighted by molar-refractivity contribution is 7.98. The van der Waals surface area contributed by atoms with Crippen molar-refractivity contribution in [3.8, 4) is 35.1 Å². The summed E-state index contributed by atoms with van der Waals surface area (Å²) in [6.45, 7) is 0.425. The van der Waals surface area contributed by atoms with E-state index in [-0.39, 0.29) is 23.6 Å². The third-order valence-corrected chi connectivity index (χ3v) is 7.12. The highest BCUT2D eigenvalue weighted by atomic mass is 32.2. The molecule has 11 heteroatoms. The van der Waals surface area contributed by atoms with Crippen molar-refractivity contribution < 1.29 is 9.84 Å². The Hall–Kier alpha value is -4.60. The number of nitrogen functional groups attached to an aromatic ring is 1. The number of rotatable bonds is 10. The average molecular weight is 540 g/mol. The zero-order chi connectivity index (χ0) is 26.9. The van der Waals surface area contributed by atoms with Gasteiger partial charge in [0.1, 0.15) is 34.3 Å². The second-order valence-corrected chi connectivity index (χ2v) is 9.67. The van der Waals surface area contributed by atoms with Crippen molar-refractivity contribution in [1.29, 1.82) is 15.8 Å². The van der Waals surface area contributed by atoms with Gasteiger partial charge in [-0.3, -0.25) is 0 Å². The highest BCUT2D eigenvalue weighted by Gasteiger charge is 2.21. The van der Waals surface area contributed by atoms with E-state index in [1.165, 1.54) is 23.1 Å². The van der Waals surface area contributed by atoms with E-state index in [1.807, 2.05) is 17.5 Å². The fraction of sp³-hybridized carbons (Fsp3) is 0.148. The molecule has 4 aromatic rings. The van der Waals surface area contributed by atoms with Crippen LogP contribution in [0.25, 0.3) is 11.1 Å². The molecule has 0 bridgehead atoms. The topological polar surface area (TPSA) is 165 Å². The van der Waals surface area contributed by atoms with Crippen molar-refractivity contribution in [2.24, 2.45) is 0 Å². The predicted octanol–water partition coefficient (Wildman–Crippen LogP) is 5.20. The van der Waals surface area contributed by atoms with Crippen LogP contribution in [0.15, 0.2) is 58.9 Å². The molecule has 0 aliphatic heterocycles. The molecule has 0 amide bonds. The number of hydrogen-bond acceptors (Lipinski definition) is 11. The Morgan fingerprint density at radius 2 is 1.71 bits per heavy atom. The first-order chi connectivity index (χ1) is 18.6. The number of hydrogen-bond donors (Lipinski definition) is 3. The van der Waals surface area contributed by atoms with Crippen LogP contribution in [-0.4, -0.2) is 28.3 Å². The molecule has 38 heavy (non-hydrogen) atoms. The molecular formula is C27H21N7O2S2. The smallest absolute Gasteiger partial charge is 0.187 e. The van der Waals surface area contributed by atoms with Gasteiger partial charge in [0.25, 0.3) is 0 Å². The van der Waals surface area contributed by atoms with Gasteiger partial charge in [0.2, 0.25) is 0 Å². The third-order valence-electron chi connectivity index (χ3n) is 5.30. The summed E-state index contributed by atoms with van der Waals surface area (Å²) in [5.74, 6) is 1.11. The SMILES string of the molecule is N#Cc1ccc(Nc2nc(CSc3nc(N)c(C#N)c(-c4ccc(OCCCO)cc4)c3C#N)cs2)cc1. The summed E-state index contributed by atoms with van der Waals surface area (Å²) in [7, 11) is 0. The van der Waals surface area contributed by atoms with E-state index >= 15 is 0 Å². The maximum Gasteiger partial charge on any atom is 0.187 e. The van der Waals surface area contributed by atoms with Crippen molar-refractivity contribution in [2.75, 3.05) is 24.3 Å². The first kappa shape index (κ1) is 26.5. The van der Waals surface area contributed by atoms with Gasteiger partial charge in [-0.1, -0.05) is 23.9 Å². The van der Waals surface area contributed by atoms with Crippen molar-refractivity contribution in [2.45, 2.75) is 17.2 Å². The van der Waals surface area contributed by atoms with Gasteiger partial charge in [0.15, 0.2) is 5.13 Å². The third kappa shape index (κ3) is 6.20. The lowest BCUT2D eigenvalue weighted by atomic mass is 9.97.